The fourth-order valence-electron chi connectivity index (χ4n) is 3.00. The van der Waals surface area contributed by atoms with Gasteiger partial charge < -0.3 is 9.88 Å². The Kier molecular flexibility index (Phi) is 6.14. The van der Waals surface area contributed by atoms with Gasteiger partial charge in [0.15, 0.2) is 0 Å². The number of nitrogens with zero attached hydrogens (tertiary/aromatic N) is 2. The van der Waals surface area contributed by atoms with Crippen LogP contribution in [0.15, 0.2) is 71.9 Å². The molecule has 1 heterocycles. The highest BCUT2D eigenvalue weighted by molar-refractivity contribution is 7.89. The van der Waals surface area contributed by atoms with Gasteiger partial charge in [0.05, 0.1) is 4.90 Å². The summed E-state index contributed by atoms with van der Waals surface area (Å²) < 4.78 is 29.2. The third-order valence-corrected chi connectivity index (χ3v) is 5.98. The van der Waals surface area contributed by atoms with Crippen LogP contribution in [0, 0.1) is 0 Å². The molecule has 0 aliphatic heterocycles. The number of nitrogens with one attached hydrogen (secondary N) is 2. The topological polar surface area (TPSA) is 93.1 Å². The van der Waals surface area contributed by atoms with Crippen LogP contribution in [0.1, 0.15) is 41.6 Å². The first kappa shape index (κ1) is 20.8. The van der Waals surface area contributed by atoms with E-state index in [0.29, 0.717) is 5.82 Å². The van der Waals surface area contributed by atoms with Gasteiger partial charge in [-0.15, -0.1) is 0 Å². The molecule has 1 aromatic heterocycles. The second-order valence-corrected chi connectivity index (χ2v) is 8.73. The molecule has 0 aliphatic carbocycles. The van der Waals surface area contributed by atoms with E-state index in [1.165, 1.54) is 12.1 Å². The largest absolute Gasteiger partial charge is 0.338 e. The SMILES string of the molecule is CC(C)NS(=O)(=O)c1cccc(C(=O)NC(c2ccccc2)c2nccn2C)c1. The normalized spacial score (nSPS) is 12.7. The highest BCUT2D eigenvalue weighted by atomic mass is 32.2. The Labute approximate surface area is 170 Å². The van der Waals surface area contributed by atoms with Gasteiger partial charge in [0.2, 0.25) is 10.0 Å². The molecule has 2 N–H and O–H groups in total. The number of carbonyl (C=O) groups is 1. The van der Waals surface area contributed by atoms with E-state index in [1.807, 2.05) is 48.1 Å². The summed E-state index contributed by atoms with van der Waals surface area (Å²) in [5.74, 6) is 0.290. The van der Waals surface area contributed by atoms with E-state index in [4.69, 9.17) is 0 Å². The summed E-state index contributed by atoms with van der Waals surface area (Å²) in [6.07, 6.45) is 3.48. The number of amides is 1. The smallest absolute Gasteiger partial charge is 0.252 e. The lowest BCUT2D eigenvalue weighted by molar-refractivity contribution is 0.0941. The fourth-order valence-corrected chi connectivity index (χ4v) is 4.29. The first-order chi connectivity index (χ1) is 13.8. The number of imidazole rings is 1. The fraction of sp³-hybridized carbons (Fsp3) is 0.238. The molecule has 1 amide bonds. The Morgan fingerprint density at radius 3 is 2.41 bits per heavy atom. The van der Waals surface area contributed by atoms with Crippen molar-refractivity contribution in [2.24, 2.45) is 7.05 Å². The van der Waals surface area contributed by atoms with Crippen LogP contribution in [0.25, 0.3) is 0 Å². The third kappa shape index (κ3) is 4.90. The van der Waals surface area contributed by atoms with Crippen molar-refractivity contribution in [1.29, 1.82) is 0 Å². The van der Waals surface area contributed by atoms with Crippen LogP contribution in [0.5, 0.6) is 0 Å². The minimum atomic E-state index is -3.69. The van der Waals surface area contributed by atoms with E-state index in [2.05, 4.69) is 15.0 Å². The van der Waals surface area contributed by atoms with Crippen molar-refractivity contribution in [2.75, 3.05) is 0 Å². The monoisotopic (exact) mass is 412 g/mol. The molecule has 0 bridgehead atoms. The lowest BCUT2D eigenvalue weighted by Crippen LogP contribution is -2.32. The summed E-state index contributed by atoms with van der Waals surface area (Å²) in [5.41, 5.74) is 1.13. The van der Waals surface area contributed by atoms with Gasteiger partial charge in [0.25, 0.3) is 5.91 Å². The molecule has 8 heteroatoms. The Bertz CT molecular complexity index is 1090. The maximum Gasteiger partial charge on any atom is 0.252 e. The van der Waals surface area contributed by atoms with Crippen molar-refractivity contribution in [3.05, 3.63) is 83.9 Å². The number of rotatable bonds is 7. The molecule has 152 valence electrons. The second-order valence-electron chi connectivity index (χ2n) is 7.02. The van der Waals surface area contributed by atoms with Crippen LogP contribution >= 0.6 is 0 Å². The second kappa shape index (κ2) is 8.59. The van der Waals surface area contributed by atoms with Crippen molar-refractivity contribution < 1.29 is 13.2 Å². The Morgan fingerprint density at radius 2 is 1.79 bits per heavy atom. The van der Waals surface area contributed by atoms with Crippen molar-refractivity contribution in [3.8, 4) is 0 Å². The van der Waals surface area contributed by atoms with Gasteiger partial charge in [-0.3, -0.25) is 4.79 Å². The van der Waals surface area contributed by atoms with Crippen molar-refractivity contribution in [1.82, 2.24) is 19.6 Å². The number of sulfonamides is 1. The molecule has 3 rings (SSSR count). The predicted octanol–water partition coefficient (Wildman–Crippen LogP) is 2.63. The molecule has 0 fully saturated rings. The Balaban J connectivity index is 1.91. The maximum atomic E-state index is 13.0. The van der Waals surface area contributed by atoms with Crippen LogP contribution in [0.3, 0.4) is 0 Å². The quantitative estimate of drug-likeness (QED) is 0.624. The van der Waals surface area contributed by atoms with Crippen molar-refractivity contribution >= 4 is 15.9 Å². The summed E-state index contributed by atoms with van der Waals surface area (Å²) in [5, 5.41) is 2.97. The van der Waals surface area contributed by atoms with E-state index in [-0.39, 0.29) is 22.4 Å². The summed E-state index contributed by atoms with van der Waals surface area (Å²) >= 11 is 0. The molecule has 2 aromatic carbocycles. The first-order valence-corrected chi connectivity index (χ1v) is 10.7. The standard InChI is InChI=1S/C21H24N4O3S/c1-15(2)24-29(27,28)18-11-7-10-17(14-18)21(26)23-19(16-8-5-4-6-9-16)20-22-12-13-25(20)3/h4-15,19,24H,1-3H3,(H,23,26). The number of aromatic nitrogens is 2. The van der Waals surface area contributed by atoms with E-state index in [0.717, 1.165) is 5.56 Å². The first-order valence-electron chi connectivity index (χ1n) is 9.23. The molecule has 0 spiro atoms. The molecular weight excluding hydrogens is 388 g/mol. The van der Waals surface area contributed by atoms with Gasteiger partial charge >= 0.3 is 0 Å². The highest BCUT2D eigenvalue weighted by Gasteiger charge is 2.22. The molecule has 3 aromatic rings. The number of aryl methyl sites for hydroxylation is 1. The average molecular weight is 413 g/mol. The van der Waals surface area contributed by atoms with Gasteiger partial charge in [0, 0.05) is 31.0 Å². The van der Waals surface area contributed by atoms with Gasteiger partial charge in [-0.2, -0.15) is 0 Å². The van der Waals surface area contributed by atoms with Gasteiger partial charge in [-0.25, -0.2) is 18.1 Å². The summed E-state index contributed by atoms with van der Waals surface area (Å²) in [6.45, 7) is 3.48. The predicted molar refractivity (Wildman–Crippen MR) is 111 cm³/mol. The van der Waals surface area contributed by atoms with Gasteiger partial charge in [-0.1, -0.05) is 36.4 Å². The van der Waals surface area contributed by atoms with Crippen LogP contribution in [0.2, 0.25) is 0 Å². The maximum absolute atomic E-state index is 13.0. The van der Waals surface area contributed by atoms with Gasteiger partial charge in [-0.05, 0) is 37.6 Å². The Morgan fingerprint density at radius 1 is 1.07 bits per heavy atom. The highest BCUT2D eigenvalue weighted by Crippen LogP contribution is 2.21. The average Bonchev–Trinajstić information content (AvgIpc) is 3.11. The zero-order valence-corrected chi connectivity index (χ0v) is 17.3. The minimum Gasteiger partial charge on any atom is -0.338 e. The van der Waals surface area contributed by atoms with Crippen LogP contribution < -0.4 is 10.0 Å². The summed E-state index contributed by atoms with van der Waals surface area (Å²) in [4.78, 5) is 17.4. The van der Waals surface area contributed by atoms with E-state index in [9.17, 15) is 13.2 Å². The van der Waals surface area contributed by atoms with Crippen LogP contribution in [-0.4, -0.2) is 29.9 Å². The number of hydrogen-bond donors (Lipinski definition) is 2. The van der Waals surface area contributed by atoms with E-state index in [1.54, 1.807) is 32.2 Å². The lowest BCUT2D eigenvalue weighted by atomic mass is 10.1. The molecule has 0 aliphatic rings. The Hall–Kier alpha value is -2.97. The van der Waals surface area contributed by atoms with Gasteiger partial charge in [0.1, 0.15) is 11.9 Å². The zero-order valence-electron chi connectivity index (χ0n) is 16.5. The number of benzene rings is 2. The zero-order chi connectivity index (χ0) is 21.0. The van der Waals surface area contributed by atoms with Crippen LogP contribution in [-0.2, 0) is 17.1 Å². The van der Waals surface area contributed by atoms with E-state index >= 15 is 0 Å². The third-order valence-electron chi connectivity index (χ3n) is 4.32. The van der Waals surface area contributed by atoms with E-state index < -0.39 is 16.1 Å². The van der Waals surface area contributed by atoms with Crippen molar-refractivity contribution in [3.63, 3.8) is 0 Å². The van der Waals surface area contributed by atoms with Crippen LogP contribution in [0.4, 0.5) is 0 Å². The number of hydrogen-bond acceptors (Lipinski definition) is 4. The molecule has 0 saturated carbocycles. The molecule has 1 unspecified atom stereocenters. The molecule has 7 nitrogen and oxygen atoms in total. The molecule has 0 saturated heterocycles. The molecule has 29 heavy (non-hydrogen) atoms. The number of carbonyl (C=O) groups excluding carboxylic acids is 1. The molecule has 1 atom stereocenters. The van der Waals surface area contributed by atoms with Crippen molar-refractivity contribution in [2.45, 2.75) is 30.8 Å². The minimum absolute atomic E-state index is 0.0482. The molecular formula is C21H24N4O3S. The molecule has 0 radical (unpaired) electrons. The summed E-state index contributed by atoms with van der Waals surface area (Å²) in [7, 11) is -1.84. The summed E-state index contributed by atoms with van der Waals surface area (Å²) in [6, 6.07) is 14.8. The lowest BCUT2D eigenvalue weighted by Gasteiger charge is -2.19.